The number of thioether (sulfide) groups is 1. The molecule has 17 heteroatoms. The van der Waals surface area contributed by atoms with E-state index in [9.17, 15) is 39.2 Å². The molecule has 1 saturated heterocycles. The van der Waals surface area contributed by atoms with Crippen LogP contribution in [0.3, 0.4) is 0 Å². The lowest BCUT2D eigenvalue weighted by atomic mass is 10.0. The van der Waals surface area contributed by atoms with Gasteiger partial charge >= 0.3 is 17.6 Å². The molecule has 1 aromatic heterocycles. The fourth-order valence-corrected chi connectivity index (χ4v) is 6.31. The van der Waals surface area contributed by atoms with Gasteiger partial charge < -0.3 is 25.2 Å². The number of carbonyl (C=O) groups excluding carboxylic acids is 4. The minimum Gasteiger partial charge on any atom is -0.477 e. The Balaban J connectivity index is 1.44. The van der Waals surface area contributed by atoms with Gasteiger partial charge in [0.25, 0.3) is 11.8 Å². The molecule has 2 aliphatic heterocycles. The summed E-state index contributed by atoms with van der Waals surface area (Å²) in [5.74, 6) is -4.21. The lowest BCUT2D eigenvalue weighted by Gasteiger charge is -2.49. The third kappa shape index (κ3) is 6.61. The Morgan fingerprint density at radius 3 is 2.68 bits per heavy atom. The lowest BCUT2D eigenvalue weighted by molar-refractivity contribution is -0.385. The van der Waals surface area contributed by atoms with Gasteiger partial charge in [-0.05, 0) is 23.6 Å². The Labute approximate surface area is 244 Å². The summed E-state index contributed by atoms with van der Waals surface area (Å²) in [4.78, 5) is 74.0. The highest BCUT2D eigenvalue weighted by atomic mass is 35.5. The molecule has 14 nitrogen and oxygen atoms in total. The predicted octanol–water partition coefficient (Wildman–Crippen LogP) is 1.85. The van der Waals surface area contributed by atoms with Gasteiger partial charge in [0.2, 0.25) is 5.91 Å². The Hall–Kier alpha value is -4.15. The van der Waals surface area contributed by atoms with E-state index in [1.54, 1.807) is 17.5 Å². The molecule has 1 fully saturated rings. The number of halogens is 1. The molecule has 3 N–H and O–H groups in total. The number of amides is 3. The van der Waals surface area contributed by atoms with E-state index in [-0.39, 0.29) is 34.4 Å². The van der Waals surface area contributed by atoms with Crippen molar-refractivity contribution in [2.45, 2.75) is 24.4 Å². The van der Waals surface area contributed by atoms with Crippen LogP contribution in [0.2, 0.25) is 5.02 Å². The maximum Gasteiger partial charge on any atom is 0.352 e. The number of carboxylic acid groups (broad SMARTS) is 1. The van der Waals surface area contributed by atoms with Crippen LogP contribution in [0.5, 0.6) is 5.75 Å². The van der Waals surface area contributed by atoms with Crippen molar-refractivity contribution < 1.29 is 43.5 Å². The first-order valence-corrected chi connectivity index (χ1v) is 14.0. The van der Waals surface area contributed by atoms with Crippen molar-refractivity contribution in [3.8, 4) is 5.75 Å². The molecule has 4 rings (SSSR count). The van der Waals surface area contributed by atoms with Crippen LogP contribution in [-0.2, 0) is 28.7 Å². The number of nitro benzene ring substituents is 1. The molecule has 2 aromatic rings. The van der Waals surface area contributed by atoms with Gasteiger partial charge in [-0.1, -0.05) is 17.7 Å². The summed E-state index contributed by atoms with van der Waals surface area (Å²) in [6.45, 7) is 0.228. The predicted molar refractivity (Wildman–Crippen MR) is 145 cm³/mol. The van der Waals surface area contributed by atoms with E-state index < -0.39 is 64.3 Å². The molecule has 2 aliphatic rings. The number of hydrogen-bond acceptors (Lipinski definition) is 11. The largest absolute Gasteiger partial charge is 0.477 e. The SMILES string of the molecule is CC(=O)OCC1=C(C(=O)O)N2C(=O)[C@@H](NC(=O)C(NC(=O)COc3ccc(Cl)cc3[N+](=O)[O-])c3cccs3)[C@H]2SC1. The number of benzene rings is 1. The van der Waals surface area contributed by atoms with Gasteiger partial charge in [-0.3, -0.25) is 34.2 Å². The first-order valence-electron chi connectivity index (χ1n) is 11.7. The summed E-state index contributed by atoms with van der Waals surface area (Å²) in [5, 5.41) is 27.1. The number of nitro groups is 1. The number of carboxylic acids is 1. The zero-order chi connectivity index (χ0) is 29.8. The van der Waals surface area contributed by atoms with Crippen LogP contribution in [0, 0.1) is 10.1 Å². The van der Waals surface area contributed by atoms with Crippen LogP contribution in [0.1, 0.15) is 17.8 Å². The van der Waals surface area contributed by atoms with Gasteiger partial charge in [-0.15, -0.1) is 23.1 Å². The Morgan fingerprint density at radius 2 is 2.05 bits per heavy atom. The highest BCUT2D eigenvalue weighted by Gasteiger charge is 2.54. The maximum absolute atomic E-state index is 13.3. The van der Waals surface area contributed by atoms with Crippen molar-refractivity contribution in [2.24, 2.45) is 0 Å². The minimum atomic E-state index is -1.37. The maximum atomic E-state index is 13.3. The fraction of sp³-hybridized carbons (Fsp3) is 0.292. The van der Waals surface area contributed by atoms with Gasteiger partial charge in [0, 0.05) is 34.2 Å². The van der Waals surface area contributed by atoms with E-state index in [0.717, 1.165) is 22.3 Å². The number of fused-ring (bicyclic) bond motifs is 1. The summed E-state index contributed by atoms with van der Waals surface area (Å²) in [7, 11) is 0. The summed E-state index contributed by atoms with van der Waals surface area (Å²) >= 11 is 8.15. The molecule has 3 heterocycles. The Kier molecular flexibility index (Phi) is 9.14. The van der Waals surface area contributed by atoms with Crippen molar-refractivity contribution in [1.82, 2.24) is 15.5 Å². The number of carbonyl (C=O) groups is 5. The number of esters is 1. The number of ether oxygens (including phenoxy) is 2. The lowest BCUT2D eigenvalue weighted by Crippen LogP contribution is -2.71. The number of β-lactam (4-membered cyclic amide) rings is 1. The number of aliphatic carboxylic acids is 1. The summed E-state index contributed by atoms with van der Waals surface area (Å²) in [5.41, 5.74) is -0.500. The average Bonchev–Trinajstić information content (AvgIpc) is 3.46. The molecule has 0 radical (unpaired) electrons. The third-order valence-electron chi connectivity index (χ3n) is 5.87. The van der Waals surface area contributed by atoms with Crippen molar-refractivity contribution in [1.29, 1.82) is 0 Å². The number of nitrogens with zero attached hydrogens (tertiary/aromatic N) is 2. The highest BCUT2D eigenvalue weighted by Crippen LogP contribution is 2.40. The van der Waals surface area contributed by atoms with E-state index in [2.05, 4.69) is 10.6 Å². The zero-order valence-corrected chi connectivity index (χ0v) is 23.4. The molecule has 0 bridgehead atoms. The van der Waals surface area contributed by atoms with Crippen LogP contribution in [0.4, 0.5) is 5.69 Å². The van der Waals surface area contributed by atoms with Crippen LogP contribution < -0.4 is 15.4 Å². The Morgan fingerprint density at radius 1 is 1.29 bits per heavy atom. The molecule has 0 spiro atoms. The van der Waals surface area contributed by atoms with Crippen LogP contribution >= 0.6 is 34.7 Å². The quantitative estimate of drug-likeness (QED) is 0.143. The van der Waals surface area contributed by atoms with Crippen molar-refractivity contribution in [3.05, 3.63) is 67.0 Å². The molecular formula is C24H21ClN4O10S2. The molecule has 3 atom stereocenters. The van der Waals surface area contributed by atoms with Gasteiger partial charge in [0.1, 0.15) is 29.8 Å². The van der Waals surface area contributed by atoms with E-state index >= 15 is 0 Å². The second-order valence-corrected chi connectivity index (χ2v) is 11.1. The zero-order valence-electron chi connectivity index (χ0n) is 21.0. The van der Waals surface area contributed by atoms with Crippen LogP contribution in [-0.4, -0.2) is 75.0 Å². The third-order valence-corrected chi connectivity index (χ3v) is 8.38. The van der Waals surface area contributed by atoms with Gasteiger partial charge in [-0.25, -0.2) is 4.79 Å². The number of hydrogen-bond donors (Lipinski definition) is 3. The molecule has 216 valence electrons. The topological polar surface area (TPSA) is 194 Å². The fourth-order valence-electron chi connectivity index (χ4n) is 4.04. The summed E-state index contributed by atoms with van der Waals surface area (Å²) in [6, 6.07) is 4.60. The molecule has 0 aliphatic carbocycles. The van der Waals surface area contributed by atoms with E-state index in [0.29, 0.717) is 4.88 Å². The second kappa shape index (κ2) is 12.6. The standard InChI is InChI=1S/C24H21ClN4O10S2/c1-11(30)38-8-12-10-41-23-19(22(33)28(23)20(12)24(34)35)27-21(32)18(16-3-2-6-40-16)26-17(31)9-39-15-5-4-13(25)7-14(15)29(36)37/h2-7,18-19,23H,8-10H2,1H3,(H,26,31)(H,27,32)(H,34,35)/t18?,19-,23-/m1/s1. The first kappa shape index (κ1) is 29.8. The highest BCUT2D eigenvalue weighted by molar-refractivity contribution is 8.00. The molecular weight excluding hydrogens is 604 g/mol. The number of thiophene rings is 1. The van der Waals surface area contributed by atoms with E-state index in [1.807, 2.05) is 0 Å². The van der Waals surface area contributed by atoms with Crippen LogP contribution in [0.25, 0.3) is 0 Å². The van der Waals surface area contributed by atoms with Crippen molar-refractivity contribution >= 4 is 70.0 Å². The van der Waals surface area contributed by atoms with Gasteiger partial charge in [-0.2, -0.15) is 0 Å². The second-order valence-electron chi connectivity index (χ2n) is 8.61. The normalized spacial score (nSPS) is 18.5. The molecule has 41 heavy (non-hydrogen) atoms. The summed E-state index contributed by atoms with van der Waals surface area (Å²) in [6.07, 6.45) is 0. The van der Waals surface area contributed by atoms with Crippen LogP contribution in [0.15, 0.2) is 47.0 Å². The Bertz CT molecular complexity index is 1450. The average molecular weight is 625 g/mol. The van der Waals surface area contributed by atoms with Gasteiger partial charge in [0.05, 0.1) is 4.92 Å². The first-order chi connectivity index (χ1) is 19.5. The molecule has 1 unspecified atom stereocenters. The molecule has 0 saturated carbocycles. The minimum absolute atomic E-state index is 0.106. The van der Waals surface area contributed by atoms with E-state index in [1.165, 1.54) is 30.8 Å². The van der Waals surface area contributed by atoms with E-state index in [4.69, 9.17) is 21.1 Å². The van der Waals surface area contributed by atoms with Crippen molar-refractivity contribution in [2.75, 3.05) is 19.0 Å². The summed E-state index contributed by atoms with van der Waals surface area (Å²) < 4.78 is 10.2. The molecule has 3 amide bonds. The number of nitrogens with one attached hydrogen (secondary N) is 2. The smallest absolute Gasteiger partial charge is 0.352 e. The monoisotopic (exact) mass is 624 g/mol. The number of rotatable bonds is 11. The van der Waals surface area contributed by atoms with Crippen molar-refractivity contribution in [3.63, 3.8) is 0 Å². The van der Waals surface area contributed by atoms with Gasteiger partial charge in [0.15, 0.2) is 12.4 Å². The molecule has 1 aromatic carbocycles.